The molecule has 100 valence electrons. The Morgan fingerprint density at radius 3 is 2.78 bits per heavy atom. The monoisotopic (exact) mass is 252 g/mol. The number of urea groups is 1. The molecule has 6 nitrogen and oxygen atoms in total. The molecule has 0 aliphatic carbocycles. The number of nitrogens with zero attached hydrogens (tertiary/aromatic N) is 2. The third-order valence-corrected chi connectivity index (χ3v) is 2.66. The van der Waals surface area contributed by atoms with Crippen LogP contribution in [0, 0.1) is 0 Å². The van der Waals surface area contributed by atoms with E-state index < -0.39 is 0 Å². The molecule has 1 aliphatic rings. The van der Waals surface area contributed by atoms with Gasteiger partial charge >= 0.3 is 6.03 Å². The molecule has 6 heteroatoms. The van der Waals surface area contributed by atoms with E-state index in [1.165, 1.54) is 12.4 Å². The topological polar surface area (TPSA) is 80.0 Å². The molecule has 1 heterocycles. The molecule has 1 saturated heterocycles. The number of carbonyl (C=O) groups excluding carboxylic acids is 1. The average Bonchev–Trinajstić information content (AvgIpc) is 2.39. The molecule has 3 N–H and O–H groups in total. The van der Waals surface area contributed by atoms with Gasteiger partial charge in [0.1, 0.15) is 6.10 Å². The number of allylic oxidation sites excluding steroid dienone is 1. The molecule has 1 fully saturated rings. The van der Waals surface area contributed by atoms with E-state index in [1.807, 2.05) is 0 Å². The van der Waals surface area contributed by atoms with Crippen LogP contribution in [0.15, 0.2) is 29.7 Å². The summed E-state index contributed by atoms with van der Waals surface area (Å²) in [7, 11) is 1.63. The smallest absolute Gasteiger partial charge is 0.317 e. The van der Waals surface area contributed by atoms with Crippen molar-refractivity contribution in [3.63, 3.8) is 0 Å². The summed E-state index contributed by atoms with van der Waals surface area (Å²) in [5.74, 6) is 0.367. The molecule has 0 radical (unpaired) electrons. The first-order valence-electron chi connectivity index (χ1n) is 5.90. The second kappa shape index (κ2) is 7.37. The Morgan fingerprint density at radius 1 is 1.56 bits per heavy atom. The average molecular weight is 252 g/mol. The Morgan fingerprint density at radius 2 is 2.22 bits per heavy atom. The molecule has 18 heavy (non-hydrogen) atoms. The van der Waals surface area contributed by atoms with Crippen molar-refractivity contribution in [2.45, 2.75) is 18.9 Å². The lowest BCUT2D eigenvalue weighted by Gasteiger charge is -2.31. The molecule has 1 rings (SSSR count). The van der Waals surface area contributed by atoms with Gasteiger partial charge in [0.05, 0.1) is 0 Å². The highest BCUT2D eigenvalue weighted by molar-refractivity contribution is 5.73. The molecule has 0 aromatic carbocycles. The fourth-order valence-corrected chi connectivity index (χ4v) is 1.73. The van der Waals surface area contributed by atoms with E-state index in [0.717, 1.165) is 12.8 Å². The van der Waals surface area contributed by atoms with Gasteiger partial charge in [-0.05, 0) is 18.9 Å². The summed E-state index contributed by atoms with van der Waals surface area (Å²) >= 11 is 0. The van der Waals surface area contributed by atoms with Gasteiger partial charge in [0.25, 0.3) is 0 Å². The lowest BCUT2D eigenvalue weighted by molar-refractivity contribution is 0.0602. The number of piperidine rings is 1. The van der Waals surface area contributed by atoms with E-state index in [1.54, 1.807) is 18.0 Å². The maximum absolute atomic E-state index is 11.4. The largest absolute Gasteiger partial charge is 0.475 e. The number of amides is 2. The minimum Gasteiger partial charge on any atom is -0.475 e. The first-order valence-corrected chi connectivity index (χ1v) is 5.90. The first-order chi connectivity index (χ1) is 8.67. The molecule has 1 aliphatic heterocycles. The standard InChI is InChI=1S/C12H20N4O2/c1-10(15-7-3-6-13)18-11-4-8-16(9-5-11)12(17)14-2/h3,6-7,11H,1,4-5,8-9,13H2,2H3,(H,14,17)/b6-3-,15-7?. The zero-order valence-corrected chi connectivity index (χ0v) is 10.6. The summed E-state index contributed by atoms with van der Waals surface area (Å²) in [6, 6.07) is -0.0432. The molecule has 0 unspecified atom stereocenters. The molecular weight excluding hydrogens is 232 g/mol. The summed E-state index contributed by atoms with van der Waals surface area (Å²) in [5.41, 5.74) is 5.17. The van der Waals surface area contributed by atoms with Gasteiger partial charge in [-0.15, -0.1) is 0 Å². The fourth-order valence-electron chi connectivity index (χ4n) is 1.73. The molecule has 0 aromatic heterocycles. The number of likely N-dealkylation sites (tertiary alicyclic amines) is 1. The lowest BCUT2D eigenvalue weighted by atomic mass is 10.1. The van der Waals surface area contributed by atoms with Gasteiger partial charge in [0.15, 0.2) is 0 Å². The summed E-state index contributed by atoms with van der Waals surface area (Å²) < 4.78 is 5.57. The molecule has 0 bridgehead atoms. The maximum atomic E-state index is 11.4. The predicted molar refractivity (Wildman–Crippen MR) is 71.1 cm³/mol. The molecule has 0 saturated carbocycles. The van der Waals surface area contributed by atoms with E-state index in [0.29, 0.717) is 19.0 Å². The lowest BCUT2D eigenvalue weighted by Crippen LogP contribution is -2.44. The Kier molecular flexibility index (Phi) is 5.76. The SMILES string of the molecule is C=C(N=C/C=C\N)OC1CCN(C(=O)NC)CC1. The Balaban J connectivity index is 2.31. The molecule has 0 atom stereocenters. The van der Waals surface area contributed by atoms with Gasteiger partial charge in [-0.3, -0.25) is 0 Å². The minimum absolute atomic E-state index is 0.0432. The van der Waals surface area contributed by atoms with Crippen LogP contribution in [0.2, 0.25) is 0 Å². The molecule has 2 amide bonds. The molecule has 0 aromatic rings. The highest BCUT2D eigenvalue weighted by atomic mass is 16.5. The molecular formula is C12H20N4O2. The van der Waals surface area contributed by atoms with Crippen molar-refractivity contribution >= 4 is 12.2 Å². The number of rotatable bonds is 4. The van der Waals surface area contributed by atoms with Crippen LogP contribution >= 0.6 is 0 Å². The van der Waals surface area contributed by atoms with Crippen molar-refractivity contribution < 1.29 is 9.53 Å². The fraction of sp³-hybridized carbons (Fsp3) is 0.500. The van der Waals surface area contributed by atoms with E-state index in [-0.39, 0.29) is 12.1 Å². The van der Waals surface area contributed by atoms with Crippen LogP contribution in [-0.4, -0.2) is 43.4 Å². The minimum atomic E-state index is -0.0432. The third kappa shape index (κ3) is 4.48. The summed E-state index contributed by atoms with van der Waals surface area (Å²) in [4.78, 5) is 17.1. The van der Waals surface area contributed by atoms with Gasteiger partial charge in [-0.25, -0.2) is 9.79 Å². The zero-order chi connectivity index (χ0) is 13.4. The maximum Gasteiger partial charge on any atom is 0.317 e. The number of hydrogen-bond donors (Lipinski definition) is 2. The van der Waals surface area contributed by atoms with Gasteiger partial charge in [0, 0.05) is 39.2 Å². The van der Waals surface area contributed by atoms with E-state index in [9.17, 15) is 4.79 Å². The Bertz CT molecular complexity index is 344. The number of hydrogen-bond acceptors (Lipinski definition) is 4. The van der Waals surface area contributed by atoms with Crippen LogP contribution in [0.3, 0.4) is 0 Å². The summed E-state index contributed by atoms with van der Waals surface area (Å²) in [6.45, 7) is 5.07. The van der Waals surface area contributed by atoms with Crippen LogP contribution in [0.1, 0.15) is 12.8 Å². The number of carbonyl (C=O) groups is 1. The van der Waals surface area contributed by atoms with Crippen LogP contribution in [0.25, 0.3) is 0 Å². The quantitative estimate of drug-likeness (QED) is 0.574. The predicted octanol–water partition coefficient (Wildman–Crippen LogP) is 0.821. The summed E-state index contributed by atoms with van der Waals surface area (Å²) in [5, 5.41) is 2.61. The summed E-state index contributed by atoms with van der Waals surface area (Å²) in [6.07, 6.45) is 6.16. The molecule has 0 spiro atoms. The number of aliphatic imine (C=N–C) groups is 1. The van der Waals surface area contributed by atoms with Gasteiger partial charge in [-0.2, -0.15) is 0 Å². The number of nitrogens with two attached hydrogens (primary N) is 1. The number of ether oxygens (including phenoxy) is 1. The first kappa shape index (κ1) is 14.1. The van der Waals surface area contributed by atoms with Gasteiger partial charge in [-0.1, -0.05) is 0 Å². The number of nitrogens with one attached hydrogen (secondary N) is 1. The van der Waals surface area contributed by atoms with E-state index in [2.05, 4.69) is 16.9 Å². The van der Waals surface area contributed by atoms with Crippen molar-refractivity contribution in [3.8, 4) is 0 Å². The van der Waals surface area contributed by atoms with Crippen LogP contribution in [0.4, 0.5) is 4.79 Å². The Labute approximate surface area is 107 Å². The Hall–Kier alpha value is -1.98. The van der Waals surface area contributed by atoms with Gasteiger partial charge < -0.3 is 20.7 Å². The zero-order valence-electron chi connectivity index (χ0n) is 10.6. The normalized spacial score (nSPS) is 17.3. The van der Waals surface area contributed by atoms with Crippen LogP contribution in [0.5, 0.6) is 0 Å². The third-order valence-electron chi connectivity index (χ3n) is 2.66. The van der Waals surface area contributed by atoms with Crippen molar-refractivity contribution in [2.24, 2.45) is 10.7 Å². The van der Waals surface area contributed by atoms with Crippen molar-refractivity contribution in [1.29, 1.82) is 0 Å². The van der Waals surface area contributed by atoms with Crippen LogP contribution < -0.4 is 11.1 Å². The van der Waals surface area contributed by atoms with E-state index >= 15 is 0 Å². The van der Waals surface area contributed by atoms with Crippen molar-refractivity contribution in [2.75, 3.05) is 20.1 Å². The van der Waals surface area contributed by atoms with Crippen molar-refractivity contribution in [1.82, 2.24) is 10.2 Å². The van der Waals surface area contributed by atoms with E-state index in [4.69, 9.17) is 10.5 Å². The second-order valence-electron chi connectivity index (χ2n) is 3.92. The highest BCUT2D eigenvalue weighted by Crippen LogP contribution is 2.16. The highest BCUT2D eigenvalue weighted by Gasteiger charge is 2.23. The second-order valence-corrected chi connectivity index (χ2v) is 3.92. The van der Waals surface area contributed by atoms with Crippen LogP contribution in [-0.2, 0) is 4.74 Å². The van der Waals surface area contributed by atoms with Gasteiger partial charge in [0.2, 0.25) is 5.88 Å². The van der Waals surface area contributed by atoms with Crippen molar-refractivity contribution in [3.05, 3.63) is 24.7 Å².